The van der Waals surface area contributed by atoms with E-state index in [1.165, 1.54) is 0 Å². The van der Waals surface area contributed by atoms with Gasteiger partial charge in [0, 0.05) is 11.3 Å². The maximum Gasteiger partial charge on any atom is 0.271 e. The molecule has 0 aromatic heterocycles. The van der Waals surface area contributed by atoms with Gasteiger partial charge in [0.05, 0.1) is 0 Å². The van der Waals surface area contributed by atoms with E-state index in [4.69, 9.17) is 0 Å². The number of rotatable bonds is 2. The molecular formula is C11H14N2O. The fourth-order valence-corrected chi connectivity index (χ4v) is 1.01. The molecule has 1 N–H and O–H groups in total. The lowest BCUT2D eigenvalue weighted by Crippen LogP contribution is -2.18. The number of hydrazone groups is 1. The van der Waals surface area contributed by atoms with Crippen LogP contribution in [0.2, 0.25) is 0 Å². The molecule has 0 radical (unpaired) electrons. The Kier molecular flexibility index (Phi) is 3.40. The molecule has 0 aliphatic carbocycles. The maximum atomic E-state index is 11.5. The van der Waals surface area contributed by atoms with Gasteiger partial charge in [-0.1, -0.05) is 17.7 Å². The molecule has 0 bridgehead atoms. The summed E-state index contributed by atoms with van der Waals surface area (Å²) in [7, 11) is 0. The molecule has 0 heterocycles. The molecule has 0 aliphatic rings. The Labute approximate surface area is 83.8 Å². The van der Waals surface area contributed by atoms with Gasteiger partial charge in [-0.25, -0.2) is 5.43 Å². The zero-order chi connectivity index (χ0) is 10.6. The van der Waals surface area contributed by atoms with Crippen LogP contribution in [0.15, 0.2) is 29.4 Å². The Bertz CT molecular complexity index is 365. The Morgan fingerprint density at radius 3 is 2.64 bits per heavy atom. The topological polar surface area (TPSA) is 41.5 Å². The summed E-state index contributed by atoms with van der Waals surface area (Å²) in [6.07, 6.45) is 0. The van der Waals surface area contributed by atoms with Gasteiger partial charge in [0.2, 0.25) is 0 Å². The first kappa shape index (κ1) is 10.4. The predicted octanol–water partition coefficient (Wildman–Crippen LogP) is 2.12. The van der Waals surface area contributed by atoms with Crippen LogP contribution >= 0.6 is 0 Å². The first-order chi connectivity index (χ1) is 6.59. The molecule has 0 fully saturated rings. The van der Waals surface area contributed by atoms with Crippen LogP contribution in [0, 0.1) is 6.92 Å². The van der Waals surface area contributed by atoms with Crippen molar-refractivity contribution in [2.24, 2.45) is 5.10 Å². The number of benzene rings is 1. The summed E-state index contributed by atoms with van der Waals surface area (Å²) < 4.78 is 0. The first-order valence-corrected chi connectivity index (χ1v) is 4.47. The minimum absolute atomic E-state index is 0.171. The normalized spacial score (nSPS) is 9.36. The molecule has 0 spiro atoms. The van der Waals surface area contributed by atoms with E-state index in [1.807, 2.05) is 39.0 Å². The minimum Gasteiger partial charge on any atom is -0.267 e. The smallest absolute Gasteiger partial charge is 0.267 e. The predicted molar refractivity (Wildman–Crippen MR) is 57.4 cm³/mol. The second-order valence-corrected chi connectivity index (χ2v) is 3.37. The monoisotopic (exact) mass is 190 g/mol. The summed E-state index contributed by atoms with van der Waals surface area (Å²) in [5.74, 6) is -0.171. The van der Waals surface area contributed by atoms with E-state index in [-0.39, 0.29) is 5.91 Å². The van der Waals surface area contributed by atoms with Crippen LogP contribution in [0.1, 0.15) is 29.8 Å². The van der Waals surface area contributed by atoms with E-state index in [1.54, 1.807) is 6.07 Å². The molecule has 1 aromatic carbocycles. The van der Waals surface area contributed by atoms with Gasteiger partial charge in [-0.15, -0.1) is 0 Å². The summed E-state index contributed by atoms with van der Waals surface area (Å²) in [6.45, 7) is 5.61. The number of aryl methyl sites for hydroxylation is 1. The lowest BCUT2D eigenvalue weighted by atomic mass is 10.1. The van der Waals surface area contributed by atoms with Crippen LogP contribution in [0.3, 0.4) is 0 Å². The van der Waals surface area contributed by atoms with Crippen LogP contribution in [0.25, 0.3) is 0 Å². The highest BCUT2D eigenvalue weighted by Gasteiger charge is 2.02. The molecule has 3 heteroatoms. The largest absolute Gasteiger partial charge is 0.271 e. The molecule has 0 saturated heterocycles. The second-order valence-electron chi connectivity index (χ2n) is 3.37. The second kappa shape index (κ2) is 4.56. The molecule has 0 aliphatic heterocycles. The van der Waals surface area contributed by atoms with E-state index in [9.17, 15) is 4.79 Å². The van der Waals surface area contributed by atoms with Gasteiger partial charge in [-0.2, -0.15) is 5.10 Å². The number of nitrogens with zero attached hydrogens (tertiary/aromatic N) is 1. The summed E-state index contributed by atoms with van der Waals surface area (Å²) in [5, 5.41) is 3.85. The highest BCUT2D eigenvalue weighted by atomic mass is 16.2. The van der Waals surface area contributed by atoms with Gasteiger partial charge in [-0.05, 0) is 32.9 Å². The van der Waals surface area contributed by atoms with Crippen LogP contribution < -0.4 is 5.43 Å². The minimum atomic E-state index is -0.171. The quantitative estimate of drug-likeness (QED) is 0.563. The average Bonchev–Trinajstić information content (AvgIpc) is 2.14. The summed E-state index contributed by atoms with van der Waals surface area (Å²) in [4.78, 5) is 11.5. The van der Waals surface area contributed by atoms with Crippen molar-refractivity contribution in [1.29, 1.82) is 0 Å². The van der Waals surface area contributed by atoms with Gasteiger partial charge in [0.25, 0.3) is 5.91 Å². The van der Waals surface area contributed by atoms with Crippen LogP contribution in [0.5, 0.6) is 0 Å². The molecular weight excluding hydrogens is 176 g/mol. The van der Waals surface area contributed by atoms with E-state index < -0.39 is 0 Å². The van der Waals surface area contributed by atoms with Crippen molar-refractivity contribution in [3.05, 3.63) is 35.4 Å². The summed E-state index contributed by atoms with van der Waals surface area (Å²) in [5.41, 5.74) is 5.00. The van der Waals surface area contributed by atoms with E-state index in [0.717, 1.165) is 11.3 Å². The van der Waals surface area contributed by atoms with Crippen molar-refractivity contribution in [1.82, 2.24) is 5.43 Å². The first-order valence-electron chi connectivity index (χ1n) is 4.47. The third-order valence-corrected chi connectivity index (χ3v) is 1.66. The van der Waals surface area contributed by atoms with Gasteiger partial charge in [-0.3, -0.25) is 4.79 Å². The van der Waals surface area contributed by atoms with Crippen molar-refractivity contribution < 1.29 is 4.79 Å². The van der Waals surface area contributed by atoms with Gasteiger partial charge in [0.1, 0.15) is 0 Å². The Morgan fingerprint density at radius 1 is 1.36 bits per heavy atom. The standard InChI is InChI=1S/C11H14N2O/c1-8(2)12-13-11(14)10-6-4-5-9(3)7-10/h4-7H,1-3H3,(H,13,14). The number of amides is 1. The van der Waals surface area contributed by atoms with Gasteiger partial charge >= 0.3 is 0 Å². The molecule has 1 rings (SSSR count). The Morgan fingerprint density at radius 2 is 2.07 bits per heavy atom. The molecule has 74 valence electrons. The van der Waals surface area contributed by atoms with Crippen molar-refractivity contribution in [3.8, 4) is 0 Å². The van der Waals surface area contributed by atoms with Crippen molar-refractivity contribution in [2.75, 3.05) is 0 Å². The molecule has 1 amide bonds. The van der Waals surface area contributed by atoms with Crippen molar-refractivity contribution in [3.63, 3.8) is 0 Å². The molecule has 1 aromatic rings. The molecule has 0 saturated carbocycles. The number of nitrogens with one attached hydrogen (secondary N) is 1. The van der Waals surface area contributed by atoms with Crippen LogP contribution in [-0.2, 0) is 0 Å². The lowest BCUT2D eigenvalue weighted by molar-refractivity contribution is 0.0954. The molecule has 0 unspecified atom stereocenters. The highest BCUT2D eigenvalue weighted by Crippen LogP contribution is 2.03. The fraction of sp³-hybridized carbons (Fsp3) is 0.273. The van der Waals surface area contributed by atoms with E-state index >= 15 is 0 Å². The van der Waals surface area contributed by atoms with E-state index in [0.29, 0.717) is 5.56 Å². The number of hydrogen-bond acceptors (Lipinski definition) is 2. The third-order valence-electron chi connectivity index (χ3n) is 1.66. The number of carbonyl (C=O) groups is 1. The fourth-order valence-electron chi connectivity index (χ4n) is 1.01. The lowest BCUT2D eigenvalue weighted by Gasteiger charge is -2.00. The average molecular weight is 190 g/mol. The molecule has 3 nitrogen and oxygen atoms in total. The van der Waals surface area contributed by atoms with Gasteiger partial charge < -0.3 is 0 Å². The van der Waals surface area contributed by atoms with Crippen molar-refractivity contribution in [2.45, 2.75) is 20.8 Å². The highest BCUT2D eigenvalue weighted by molar-refractivity contribution is 5.95. The van der Waals surface area contributed by atoms with Crippen molar-refractivity contribution >= 4 is 11.6 Å². The third kappa shape index (κ3) is 3.01. The zero-order valence-electron chi connectivity index (χ0n) is 8.66. The van der Waals surface area contributed by atoms with Crippen LogP contribution in [0.4, 0.5) is 0 Å². The zero-order valence-corrected chi connectivity index (χ0v) is 8.66. The summed E-state index contributed by atoms with van der Waals surface area (Å²) >= 11 is 0. The molecule has 14 heavy (non-hydrogen) atoms. The number of carbonyl (C=O) groups excluding carboxylic acids is 1. The Balaban J connectivity index is 2.75. The number of hydrogen-bond donors (Lipinski definition) is 1. The summed E-state index contributed by atoms with van der Waals surface area (Å²) in [6, 6.07) is 7.40. The van der Waals surface area contributed by atoms with Gasteiger partial charge in [0.15, 0.2) is 0 Å². The van der Waals surface area contributed by atoms with Crippen LogP contribution in [-0.4, -0.2) is 11.6 Å². The Hall–Kier alpha value is -1.64. The molecule has 0 atom stereocenters. The SMILES string of the molecule is CC(C)=NNC(=O)c1cccc(C)c1. The maximum absolute atomic E-state index is 11.5. The van der Waals surface area contributed by atoms with E-state index in [2.05, 4.69) is 10.5 Å².